The molecule has 1 aromatic heterocycles. The molecule has 1 saturated carbocycles. The van der Waals surface area contributed by atoms with Gasteiger partial charge >= 0.3 is 12.1 Å². The lowest BCUT2D eigenvalue weighted by molar-refractivity contribution is -0.153. The summed E-state index contributed by atoms with van der Waals surface area (Å²) in [5.74, 6) is -2.74. The Morgan fingerprint density at radius 1 is 1.02 bits per heavy atom. The highest BCUT2D eigenvalue weighted by Crippen LogP contribution is 2.38. The standard InChI is InChI=1S/C30H32F3N3O5/c1-18-5-3-4-6-23(18)29-36-26(27(41-29)30(31,32)33)28(39)34-16-15-24(37)35-22-13-11-21(12-14-22)20-9-7-19(8-10-20)17-25(38)40-2/h3-6,11-14,19-20H,7-10,15-17H2,1-2H3,(H,34,39)(H,35,37). The number of nitrogens with one attached hydrogen (secondary N) is 2. The van der Waals surface area contributed by atoms with Crippen LogP contribution in [0.2, 0.25) is 0 Å². The van der Waals surface area contributed by atoms with Gasteiger partial charge in [0.05, 0.1) is 7.11 Å². The molecule has 218 valence electrons. The summed E-state index contributed by atoms with van der Waals surface area (Å²) < 4.78 is 50.4. The summed E-state index contributed by atoms with van der Waals surface area (Å²) >= 11 is 0. The maximum Gasteiger partial charge on any atom is 0.452 e. The minimum Gasteiger partial charge on any atom is -0.469 e. The van der Waals surface area contributed by atoms with Crippen molar-refractivity contribution >= 4 is 23.5 Å². The van der Waals surface area contributed by atoms with Crippen molar-refractivity contribution in [3.63, 3.8) is 0 Å². The lowest BCUT2D eigenvalue weighted by Crippen LogP contribution is -2.29. The second-order valence-corrected chi connectivity index (χ2v) is 10.2. The number of ether oxygens (including phenoxy) is 1. The van der Waals surface area contributed by atoms with Crippen molar-refractivity contribution in [2.24, 2.45) is 5.92 Å². The molecule has 2 amide bonds. The Bertz CT molecular complexity index is 1380. The SMILES string of the molecule is COC(=O)CC1CCC(c2ccc(NC(=O)CCNC(=O)c3nc(-c4ccccc4C)oc3C(F)(F)F)cc2)CC1. The van der Waals surface area contributed by atoms with E-state index in [-0.39, 0.29) is 24.8 Å². The number of esters is 1. The van der Waals surface area contributed by atoms with Crippen LogP contribution in [0, 0.1) is 12.8 Å². The molecule has 1 aliphatic carbocycles. The van der Waals surface area contributed by atoms with Crippen molar-refractivity contribution in [2.75, 3.05) is 19.0 Å². The van der Waals surface area contributed by atoms with E-state index >= 15 is 0 Å². The number of hydrogen-bond acceptors (Lipinski definition) is 6. The van der Waals surface area contributed by atoms with Crippen molar-refractivity contribution in [2.45, 2.75) is 57.5 Å². The van der Waals surface area contributed by atoms with Crippen molar-refractivity contribution in [3.8, 4) is 11.5 Å². The van der Waals surface area contributed by atoms with Crippen molar-refractivity contribution < 1.29 is 36.7 Å². The molecule has 0 atom stereocenters. The molecule has 0 bridgehead atoms. The number of amides is 2. The second-order valence-electron chi connectivity index (χ2n) is 10.2. The highest BCUT2D eigenvalue weighted by molar-refractivity contribution is 5.95. The van der Waals surface area contributed by atoms with Gasteiger partial charge < -0.3 is 19.8 Å². The van der Waals surface area contributed by atoms with Gasteiger partial charge in [-0.3, -0.25) is 14.4 Å². The molecule has 0 aliphatic heterocycles. The number of hydrogen-bond donors (Lipinski definition) is 2. The fraction of sp³-hybridized carbons (Fsp3) is 0.400. The van der Waals surface area contributed by atoms with E-state index in [1.165, 1.54) is 7.11 Å². The third kappa shape index (κ3) is 7.74. The number of carbonyl (C=O) groups excluding carboxylic acids is 3. The van der Waals surface area contributed by atoms with E-state index in [1.54, 1.807) is 43.3 Å². The van der Waals surface area contributed by atoms with Crippen LogP contribution in [0.5, 0.6) is 0 Å². The average Bonchev–Trinajstić information content (AvgIpc) is 3.40. The minimum atomic E-state index is -4.92. The van der Waals surface area contributed by atoms with Gasteiger partial charge in [-0.25, -0.2) is 4.98 Å². The predicted octanol–water partition coefficient (Wildman–Crippen LogP) is 6.26. The predicted molar refractivity (Wildman–Crippen MR) is 145 cm³/mol. The van der Waals surface area contributed by atoms with Crippen LogP contribution in [-0.2, 0) is 20.5 Å². The highest BCUT2D eigenvalue weighted by Gasteiger charge is 2.42. The summed E-state index contributed by atoms with van der Waals surface area (Å²) in [7, 11) is 1.40. The van der Waals surface area contributed by atoms with Crippen LogP contribution < -0.4 is 10.6 Å². The van der Waals surface area contributed by atoms with Crippen LogP contribution >= 0.6 is 0 Å². The van der Waals surface area contributed by atoms with Crippen LogP contribution in [-0.4, -0.2) is 36.4 Å². The molecule has 2 N–H and O–H groups in total. The first-order valence-corrected chi connectivity index (χ1v) is 13.4. The van der Waals surface area contributed by atoms with Crippen LogP contribution in [0.1, 0.15) is 71.8 Å². The minimum absolute atomic E-state index is 0.151. The van der Waals surface area contributed by atoms with Crippen LogP contribution in [0.3, 0.4) is 0 Å². The van der Waals surface area contributed by atoms with E-state index in [9.17, 15) is 27.6 Å². The molecule has 41 heavy (non-hydrogen) atoms. The number of halogens is 3. The van der Waals surface area contributed by atoms with Gasteiger partial charge in [-0.05, 0) is 73.8 Å². The first-order valence-electron chi connectivity index (χ1n) is 13.4. The number of methoxy groups -OCH3 is 1. The number of oxazole rings is 1. The van der Waals surface area contributed by atoms with Gasteiger partial charge in [0.1, 0.15) is 0 Å². The number of aryl methyl sites for hydroxylation is 1. The zero-order valence-electron chi connectivity index (χ0n) is 22.8. The van der Waals surface area contributed by atoms with E-state index in [0.29, 0.717) is 35.1 Å². The van der Waals surface area contributed by atoms with Gasteiger partial charge in [0.15, 0.2) is 5.69 Å². The Kier molecular flexibility index (Phi) is 9.46. The number of rotatable bonds is 9. The summed E-state index contributed by atoms with van der Waals surface area (Å²) in [6.45, 7) is 1.50. The fourth-order valence-corrected chi connectivity index (χ4v) is 5.05. The van der Waals surface area contributed by atoms with E-state index in [4.69, 9.17) is 9.15 Å². The van der Waals surface area contributed by atoms with E-state index in [0.717, 1.165) is 31.2 Å². The largest absolute Gasteiger partial charge is 0.469 e. The maximum absolute atomic E-state index is 13.6. The van der Waals surface area contributed by atoms with Crippen molar-refractivity contribution in [3.05, 3.63) is 71.1 Å². The molecular weight excluding hydrogens is 539 g/mol. The molecule has 0 spiro atoms. The summed E-state index contributed by atoms with van der Waals surface area (Å²) in [4.78, 5) is 40.3. The number of anilines is 1. The van der Waals surface area contributed by atoms with Crippen LogP contribution in [0.15, 0.2) is 52.9 Å². The molecular formula is C30H32F3N3O5. The van der Waals surface area contributed by atoms with E-state index in [1.807, 2.05) is 12.1 Å². The first kappa shape index (κ1) is 29.8. The Morgan fingerprint density at radius 3 is 2.34 bits per heavy atom. The summed E-state index contributed by atoms with van der Waals surface area (Å²) in [5.41, 5.74) is 1.83. The molecule has 11 heteroatoms. The van der Waals surface area contributed by atoms with Gasteiger partial charge in [-0.15, -0.1) is 0 Å². The molecule has 4 rings (SSSR count). The van der Waals surface area contributed by atoms with Crippen LogP contribution in [0.25, 0.3) is 11.5 Å². The van der Waals surface area contributed by atoms with E-state index in [2.05, 4.69) is 15.6 Å². The van der Waals surface area contributed by atoms with Gasteiger partial charge in [0.2, 0.25) is 17.6 Å². The molecule has 0 saturated heterocycles. The third-order valence-electron chi connectivity index (χ3n) is 7.31. The number of nitrogens with zero attached hydrogens (tertiary/aromatic N) is 1. The quantitative estimate of drug-likeness (QED) is 0.293. The lowest BCUT2D eigenvalue weighted by atomic mass is 9.77. The van der Waals surface area contributed by atoms with Gasteiger partial charge in [0, 0.05) is 30.6 Å². The number of carbonyl (C=O) groups is 3. The Balaban J connectivity index is 1.28. The second kappa shape index (κ2) is 13.0. The third-order valence-corrected chi connectivity index (χ3v) is 7.31. The molecule has 1 aliphatic rings. The molecule has 2 aromatic carbocycles. The van der Waals surface area contributed by atoms with Crippen molar-refractivity contribution in [1.29, 1.82) is 0 Å². The lowest BCUT2D eigenvalue weighted by Gasteiger charge is -2.28. The monoisotopic (exact) mass is 571 g/mol. The molecule has 0 radical (unpaired) electrons. The number of aromatic nitrogens is 1. The van der Waals surface area contributed by atoms with Gasteiger partial charge in [0.25, 0.3) is 5.91 Å². The van der Waals surface area contributed by atoms with E-state index < -0.39 is 29.4 Å². The average molecular weight is 572 g/mol. The Morgan fingerprint density at radius 2 is 1.71 bits per heavy atom. The van der Waals surface area contributed by atoms with Gasteiger partial charge in [-0.2, -0.15) is 13.2 Å². The zero-order chi connectivity index (χ0) is 29.6. The topological polar surface area (TPSA) is 111 Å². The smallest absolute Gasteiger partial charge is 0.452 e. The van der Waals surface area contributed by atoms with Crippen molar-refractivity contribution in [1.82, 2.24) is 10.3 Å². The molecule has 0 unspecified atom stereocenters. The summed E-state index contributed by atoms with van der Waals surface area (Å²) in [6.07, 6.45) is -0.770. The summed E-state index contributed by atoms with van der Waals surface area (Å²) in [5, 5.41) is 5.06. The zero-order valence-corrected chi connectivity index (χ0v) is 22.8. The fourth-order valence-electron chi connectivity index (χ4n) is 5.05. The summed E-state index contributed by atoms with van der Waals surface area (Å²) in [6, 6.07) is 14.1. The number of benzene rings is 2. The van der Waals surface area contributed by atoms with Crippen LogP contribution in [0.4, 0.5) is 18.9 Å². The Hall–Kier alpha value is -4.15. The van der Waals surface area contributed by atoms with Gasteiger partial charge in [-0.1, -0.05) is 30.3 Å². The molecule has 1 fully saturated rings. The molecule has 1 heterocycles. The Labute approximate surface area is 235 Å². The number of alkyl halides is 3. The normalized spacial score (nSPS) is 17.1. The first-order chi connectivity index (χ1) is 19.5. The highest BCUT2D eigenvalue weighted by atomic mass is 19.4. The molecule has 8 nitrogen and oxygen atoms in total. The maximum atomic E-state index is 13.6. The molecule has 3 aromatic rings.